The van der Waals surface area contributed by atoms with Gasteiger partial charge in [0.25, 0.3) is 0 Å². The summed E-state index contributed by atoms with van der Waals surface area (Å²) in [7, 11) is 0. The van der Waals surface area contributed by atoms with E-state index >= 15 is 0 Å². The van der Waals surface area contributed by atoms with Gasteiger partial charge in [0.1, 0.15) is 6.61 Å². The van der Waals surface area contributed by atoms with E-state index in [0.29, 0.717) is 24.3 Å². The lowest BCUT2D eigenvalue weighted by atomic mass is 10.1. The van der Waals surface area contributed by atoms with Crippen molar-refractivity contribution >= 4 is 22.1 Å². The van der Waals surface area contributed by atoms with Gasteiger partial charge in [0.05, 0.1) is 0 Å². The van der Waals surface area contributed by atoms with Gasteiger partial charge in [0.15, 0.2) is 11.6 Å². The molecule has 0 fully saturated rings. The topological polar surface area (TPSA) is 21.3 Å². The third kappa shape index (κ3) is 3.40. The minimum absolute atomic E-state index is 0.286. The lowest BCUT2D eigenvalue weighted by molar-refractivity contribution is 0.300. The highest BCUT2D eigenvalue weighted by Crippen LogP contribution is 2.25. The summed E-state index contributed by atoms with van der Waals surface area (Å²) in [4.78, 5) is 1.28. The van der Waals surface area contributed by atoms with Crippen LogP contribution in [0.4, 0.5) is 4.39 Å². The number of thiophene rings is 1. The predicted octanol–water partition coefficient (Wildman–Crippen LogP) is 4.21. The van der Waals surface area contributed by atoms with Gasteiger partial charge in [-0.05, 0) is 22.9 Å². The molecule has 0 radical (unpaired) electrons. The molecule has 21 heavy (non-hydrogen) atoms. The molecule has 0 spiro atoms. The van der Waals surface area contributed by atoms with Crippen LogP contribution in [0.5, 0.6) is 5.75 Å². The van der Waals surface area contributed by atoms with E-state index in [9.17, 15) is 4.39 Å². The lowest BCUT2D eigenvalue weighted by Gasteiger charge is -2.09. The van der Waals surface area contributed by atoms with Crippen LogP contribution in [-0.4, -0.2) is 13.2 Å². The van der Waals surface area contributed by atoms with Crippen LogP contribution >= 0.6 is 11.3 Å². The molecular weight excluding hydrogens is 285 g/mol. The molecule has 1 heterocycles. The Labute approximate surface area is 127 Å². The summed E-state index contributed by atoms with van der Waals surface area (Å²) >= 11 is 1.72. The van der Waals surface area contributed by atoms with Gasteiger partial charge in [-0.1, -0.05) is 36.4 Å². The molecule has 0 unspecified atom stereocenters. The summed E-state index contributed by atoms with van der Waals surface area (Å²) in [5, 5.41) is 6.82. The van der Waals surface area contributed by atoms with Crippen LogP contribution in [0.1, 0.15) is 4.88 Å². The van der Waals surface area contributed by atoms with Gasteiger partial charge in [-0.15, -0.1) is 11.3 Å². The van der Waals surface area contributed by atoms with Crippen molar-refractivity contribution in [2.24, 2.45) is 0 Å². The Kier molecular flexibility index (Phi) is 4.48. The largest absolute Gasteiger partial charge is 0.489 e. The van der Waals surface area contributed by atoms with E-state index in [4.69, 9.17) is 4.74 Å². The zero-order valence-corrected chi connectivity index (χ0v) is 12.3. The molecule has 0 saturated heterocycles. The van der Waals surface area contributed by atoms with Crippen molar-refractivity contribution in [2.45, 2.75) is 6.54 Å². The van der Waals surface area contributed by atoms with E-state index in [1.807, 2.05) is 30.3 Å². The van der Waals surface area contributed by atoms with Crippen LogP contribution in [0, 0.1) is 5.82 Å². The number of hydrogen-bond acceptors (Lipinski definition) is 3. The summed E-state index contributed by atoms with van der Waals surface area (Å²) in [5.74, 6) is 0.0259. The van der Waals surface area contributed by atoms with E-state index in [2.05, 4.69) is 16.8 Å². The molecule has 1 aromatic heterocycles. The van der Waals surface area contributed by atoms with E-state index < -0.39 is 0 Å². The van der Waals surface area contributed by atoms with Gasteiger partial charge in [-0.2, -0.15) is 0 Å². The first kappa shape index (κ1) is 14.0. The van der Waals surface area contributed by atoms with Gasteiger partial charge in [0.2, 0.25) is 0 Å². The van der Waals surface area contributed by atoms with Gasteiger partial charge in [-0.25, -0.2) is 4.39 Å². The molecule has 0 aliphatic carbocycles. The monoisotopic (exact) mass is 301 g/mol. The van der Waals surface area contributed by atoms with Gasteiger partial charge >= 0.3 is 0 Å². The zero-order chi connectivity index (χ0) is 14.5. The summed E-state index contributed by atoms with van der Waals surface area (Å²) in [6.45, 7) is 1.95. The SMILES string of the molecule is Fc1c(OCCNCc2cccs2)ccc2ccccc12. The summed E-state index contributed by atoms with van der Waals surface area (Å²) in [6, 6.07) is 15.1. The molecule has 1 N–H and O–H groups in total. The lowest BCUT2D eigenvalue weighted by Crippen LogP contribution is -2.20. The Hall–Kier alpha value is -1.91. The molecule has 3 aromatic rings. The fourth-order valence-electron chi connectivity index (χ4n) is 2.18. The molecule has 2 nitrogen and oxygen atoms in total. The predicted molar refractivity (Wildman–Crippen MR) is 85.4 cm³/mol. The van der Waals surface area contributed by atoms with Gasteiger partial charge in [0, 0.05) is 23.4 Å². The molecule has 2 aromatic carbocycles. The Morgan fingerprint density at radius 1 is 1.05 bits per heavy atom. The van der Waals surface area contributed by atoms with Crippen molar-refractivity contribution in [3.8, 4) is 5.75 Å². The number of ether oxygens (including phenoxy) is 1. The van der Waals surface area contributed by atoms with E-state index in [1.165, 1.54) is 4.88 Å². The van der Waals surface area contributed by atoms with Crippen molar-refractivity contribution in [2.75, 3.05) is 13.2 Å². The maximum Gasteiger partial charge on any atom is 0.172 e. The van der Waals surface area contributed by atoms with E-state index in [-0.39, 0.29) is 5.82 Å². The Balaban J connectivity index is 1.54. The molecule has 0 bridgehead atoms. The number of nitrogens with one attached hydrogen (secondary N) is 1. The minimum atomic E-state index is -0.286. The second-order valence-electron chi connectivity index (χ2n) is 4.70. The quantitative estimate of drug-likeness (QED) is 0.689. The summed E-state index contributed by atoms with van der Waals surface area (Å²) < 4.78 is 19.8. The van der Waals surface area contributed by atoms with Gasteiger partial charge < -0.3 is 10.1 Å². The average Bonchev–Trinajstić information content (AvgIpc) is 3.03. The Bertz CT molecular complexity index is 712. The van der Waals surface area contributed by atoms with Crippen molar-refractivity contribution in [1.82, 2.24) is 5.32 Å². The standard InChI is InChI=1S/C17H16FNOS/c18-17-15-6-2-1-4-13(15)7-8-16(17)20-10-9-19-12-14-5-3-11-21-14/h1-8,11,19H,9-10,12H2. The normalized spacial score (nSPS) is 10.9. The third-order valence-electron chi connectivity index (χ3n) is 3.24. The smallest absolute Gasteiger partial charge is 0.172 e. The molecule has 3 rings (SSSR count). The number of hydrogen-bond donors (Lipinski definition) is 1. The highest BCUT2D eigenvalue weighted by molar-refractivity contribution is 7.09. The van der Waals surface area contributed by atoms with Crippen molar-refractivity contribution < 1.29 is 9.13 Å². The highest BCUT2D eigenvalue weighted by atomic mass is 32.1. The van der Waals surface area contributed by atoms with E-state index in [1.54, 1.807) is 23.5 Å². The van der Waals surface area contributed by atoms with Crippen LogP contribution in [0.25, 0.3) is 10.8 Å². The van der Waals surface area contributed by atoms with Crippen molar-refractivity contribution in [3.05, 3.63) is 64.6 Å². The van der Waals surface area contributed by atoms with E-state index in [0.717, 1.165) is 11.9 Å². The maximum absolute atomic E-state index is 14.3. The zero-order valence-electron chi connectivity index (χ0n) is 11.5. The molecule has 0 aliphatic rings. The molecule has 0 saturated carbocycles. The first-order valence-electron chi connectivity index (χ1n) is 6.88. The second kappa shape index (κ2) is 6.70. The molecular formula is C17H16FNOS. The molecule has 0 atom stereocenters. The second-order valence-corrected chi connectivity index (χ2v) is 5.74. The number of benzene rings is 2. The van der Waals surface area contributed by atoms with Crippen LogP contribution in [0.3, 0.4) is 0 Å². The Morgan fingerprint density at radius 2 is 1.95 bits per heavy atom. The Morgan fingerprint density at radius 3 is 2.81 bits per heavy atom. The highest BCUT2D eigenvalue weighted by Gasteiger charge is 2.07. The van der Waals surface area contributed by atoms with Gasteiger partial charge in [-0.3, -0.25) is 0 Å². The van der Waals surface area contributed by atoms with Crippen LogP contribution < -0.4 is 10.1 Å². The van der Waals surface area contributed by atoms with Crippen molar-refractivity contribution in [1.29, 1.82) is 0 Å². The molecule has 4 heteroatoms. The molecule has 0 amide bonds. The third-order valence-corrected chi connectivity index (χ3v) is 4.12. The number of halogens is 1. The van der Waals surface area contributed by atoms with Crippen LogP contribution in [0.15, 0.2) is 53.9 Å². The first-order valence-corrected chi connectivity index (χ1v) is 7.76. The van der Waals surface area contributed by atoms with Crippen molar-refractivity contribution in [3.63, 3.8) is 0 Å². The number of fused-ring (bicyclic) bond motifs is 1. The van der Waals surface area contributed by atoms with Crippen LogP contribution in [-0.2, 0) is 6.54 Å². The molecule has 108 valence electrons. The fraction of sp³-hybridized carbons (Fsp3) is 0.176. The molecule has 0 aliphatic heterocycles. The first-order chi connectivity index (χ1) is 10.3. The minimum Gasteiger partial charge on any atom is -0.489 e. The fourth-order valence-corrected chi connectivity index (χ4v) is 2.86. The maximum atomic E-state index is 14.3. The summed E-state index contributed by atoms with van der Waals surface area (Å²) in [6.07, 6.45) is 0. The average molecular weight is 301 g/mol. The number of rotatable bonds is 6. The van der Waals surface area contributed by atoms with Crippen LogP contribution in [0.2, 0.25) is 0 Å². The summed E-state index contributed by atoms with van der Waals surface area (Å²) in [5.41, 5.74) is 0.